The van der Waals surface area contributed by atoms with Crippen molar-refractivity contribution in [2.45, 2.75) is 32.9 Å². The second-order valence-electron chi connectivity index (χ2n) is 6.42. The number of nitrogens with zero attached hydrogens (tertiary/aromatic N) is 1. The number of methoxy groups -OCH3 is 2. The maximum Gasteiger partial charge on any atom is 0.128 e. The van der Waals surface area contributed by atoms with E-state index in [0.717, 1.165) is 28.3 Å². The molecule has 0 saturated carbocycles. The third-order valence-electron chi connectivity index (χ3n) is 3.46. The fraction of sp³-hybridized carbons (Fsp3) is 0.389. The van der Waals surface area contributed by atoms with E-state index in [-0.39, 0.29) is 5.54 Å². The molecule has 1 aromatic carbocycles. The first-order valence-electron chi connectivity index (χ1n) is 7.57. The van der Waals surface area contributed by atoms with Crippen LogP contribution in [0.5, 0.6) is 11.5 Å². The zero-order valence-electron chi connectivity index (χ0n) is 14.4. The summed E-state index contributed by atoms with van der Waals surface area (Å²) in [5, 5.41) is 3.46. The molecule has 0 atom stereocenters. The molecule has 5 nitrogen and oxygen atoms in total. The molecule has 0 unspecified atom stereocenters. The van der Waals surface area contributed by atoms with Gasteiger partial charge in [0.1, 0.15) is 17.3 Å². The second kappa shape index (κ2) is 6.87. The Labute approximate surface area is 137 Å². The highest BCUT2D eigenvalue weighted by Crippen LogP contribution is 2.35. The van der Waals surface area contributed by atoms with Gasteiger partial charge in [-0.15, -0.1) is 0 Å². The summed E-state index contributed by atoms with van der Waals surface area (Å²) < 4.78 is 11.1. The molecule has 0 fully saturated rings. The van der Waals surface area contributed by atoms with Gasteiger partial charge in [0.2, 0.25) is 0 Å². The lowest BCUT2D eigenvalue weighted by molar-refractivity contribution is 0.385. The first-order chi connectivity index (χ1) is 10.8. The molecule has 23 heavy (non-hydrogen) atoms. The van der Waals surface area contributed by atoms with Crippen LogP contribution in [0.2, 0.25) is 0 Å². The van der Waals surface area contributed by atoms with Crippen molar-refractivity contribution in [3.63, 3.8) is 0 Å². The first-order valence-corrected chi connectivity index (χ1v) is 7.57. The lowest BCUT2D eigenvalue weighted by atomic mass is 10.0. The molecule has 2 rings (SSSR count). The van der Waals surface area contributed by atoms with Gasteiger partial charge in [0.15, 0.2) is 0 Å². The average molecular weight is 315 g/mol. The van der Waals surface area contributed by atoms with E-state index < -0.39 is 0 Å². The van der Waals surface area contributed by atoms with E-state index in [1.54, 1.807) is 20.3 Å². The fourth-order valence-corrected chi connectivity index (χ4v) is 2.26. The predicted octanol–water partition coefficient (Wildman–Crippen LogP) is 3.24. The molecule has 2 aromatic rings. The SMILES string of the molecule is COc1cc(-c2cccc(N)n2)c(OC)cc1CNC(C)(C)C. The number of aromatic nitrogens is 1. The molecule has 5 heteroatoms. The molecule has 0 saturated heterocycles. The lowest BCUT2D eigenvalue weighted by Gasteiger charge is -2.22. The molecule has 3 N–H and O–H groups in total. The van der Waals surface area contributed by atoms with Crippen molar-refractivity contribution in [2.75, 3.05) is 20.0 Å². The third kappa shape index (κ3) is 4.36. The van der Waals surface area contributed by atoms with Crippen molar-refractivity contribution in [1.82, 2.24) is 10.3 Å². The van der Waals surface area contributed by atoms with Crippen LogP contribution in [-0.4, -0.2) is 24.7 Å². The third-order valence-corrected chi connectivity index (χ3v) is 3.46. The van der Waals surface area contributed by atoms with E-state index in [1.807, 2.05) is 24.3 Å². The molecule has 0 spiro atoms. The van der Waals surface area contributed by atoms with Crippen LogP contribution < -0.4 is 20.5 Å². The summed E-state index contributed by atoms with van der Waals surface area (Å²) in [6.45, 7) is 7.07. The van der Waals surface area contributed by atoms with E-state index in [0.29, 0.717) is 12.4 Å². The number of pyridine rings is 1. The van der Waals surface area contributed by atoms with Gasteiger partial charge in [-0.05, 0) is 45.0 Å². The zero-order valence-corrected chi connectivity index (χ0v) is 14.4. The largest absolute Gasteiger partial charge is 0.496 e. The minimum atomic E-state index is 0.0202. The Balaban J connectivity index is 2.45. The molecule has 0 radical (unpaired) electrons. The molecule has 0 aliphatic heterocycles. The van der Waals surface area contributed by atoms with E-state index >= 15 is 0 Å². The number of rotatable bonds is 5. The minimum absolute atomic E-state index is 0.0202. The zero-order chi connectivity index (χ0) is 17.0. The molecule has 1 aromatic heterocycles. The predicted molar refractivity (Wildman–Crippen MR) is 93.8 cm³/mol. The quantitative estimate of drug-likeness (QED) is 0.886. The van der Waals surface area contributed by atoms with Gasteiger partial charge in [-0.2, -0.15) is 0 Å². The van der Waals surface area contributed by atoms with Gasteiger partial charge < -0.3 is 20.5 Å². The number of hydrogen-bond donors (Lipinski definition) is 2. The standard InChI is InChI=1S/C18H25N3O2/c1-18(2,3)20-11-12-9-16(23-5)13(10-15(12)22-4)14-7-6-8-17(19)21-14/h6-10,20H,11H2,1-5H3,(H2,19,21). The van der Waals surface area contributed by atoms with Gasteiger partial charge in [0.25, 0.3) is 0 Å². The van der Waals surface area contributed by atoms with Crippen molar-refractivity contribution in [2.24, 2.45) is 0 Å². The van der Waals surface area contributed by atoms with Crippen LogP contribution in [-0.2, 0) is 6.54 Å². The van der Waals surface area contributed by atoms with Crippen LogP contribution in [0.3, 0.4) is 0 Å². The molecule has 0 aliphatic carbocycles. The fourth-order valence-electron chi connectivity index (χ4n) is 2.26. The Morgan fingerprint density at radius 1 is 1.09 bits per heavy atom. The summed E-state index contributed by atoms with van der Waals surface area (Å²) in [4.78, 5) is 4.37. The Morgan fingerprint density at radius 3 is 2.35 bits per heavy atom. The number of ether oxygens (including phenoxy) is 2. The van der Waals surface area contributed by atoms with Crippen molar-refractivity contribution < 1.29 is 9.47 Å². The molecule has 124 valence electrons. The molecular formula is C18H25N3O2. The van der Waals surface area contributed by atoms with Crippen molar-refractivity contribution in [3.05, 3.63) is 35.9 Å². The Hall–Kier alpha value is -2.27. The number of nitrogen functional groups attached to an aromatic ring is 1. The van der Waals surface area contributed by atoms with Crippen LogP contribution in [0, 0.1) is 0 Å². The molecular weight excluding hydrogens is 290 g/mol. The van der Waals surface area contributed by atoms with Crippen LogP contribution in [0.15, 0.2) is 30.3 Å². The molecule has 1 heterocycles. The van der Waals surface area contributed by atoms with E-state index in [9.17, 15) is 0 Å². The first kappa shape index (κ1) is 17.1. The second-order valence-corrected chi connectivity index (χ2v) is 6.42. The van der Waals surface area contributed by atoms with Crippen LogP contribution in [0.1, 0.15) is 26.3 Å². The smallest absolute Gasteiger partial charge is 0.128 e. The highest BCUT2D eigenvalue weighted by atomic mass is 16.5. The number of anilines is 1. The van der Waals surface area contributed by atoms with E-state index in [2.05, 4.69) is 31.1 Å². The lowest BCUT2D eigenvalue weighted by Crippen LogP contribution is -2.35. The Kier molecular flexibility index (Phi) is 5.11. The van der Waals surface area contributed by atoms with Gasteiger partial charge in [-0.25, -0.2) is 4.98 Å². The Bertz CT molecular complexity index is 678. The number of hydrogen-bond acceptors (Lipinski definition) is 5. The summed E-state index contributed by atoms with van der Waals surface area (Å²) in [7, 11) is 3.32. The van der Waals surface area contributed by atoms with Gasteiger partial charge in [0, 0.05) is 23.2 Å². The maximum atomic E-state index is 5.79. The highest BCUT2D eigenvalue weighted by Gasteiger charge is 2.16. The van der Waals surface area contributed by atoms with Crippen LogP contribution >= 0.6 is 0 Å². The van der Waals surface area contributed by atoms with Crippen LogP contribution in [0.4, 0.5) is 5.82 Å². The summed E-state index contributed by atoms with van der Waals surface area (Å²) >= 11 is 0. The summed E-state index contributed by atoms with van der Waals surface area (Å²) in [6, 6.07) is 9.46. The van der Waals surface area contributed by atoms with Gasteiger partial charge in [0.05, 0.1) is 19.9 Å². The monoisotopic (exact) mass is 315 g/mol. The number of nitrogens with one attached hydrogen (secondary N) is 1. The van der Waals surface area contributed by atoms with Crippen LogP contribution in [0.25, 0.3) is 11.3 Å². The summed E-state index contributed by atoms with van der Waals surface area (Å²) in [5.74, 6) is 2.01. The molecule has 0 aliphatic rings. The summed E-state index contributed by atoms with van der Waals surface area (Å²) in [5.41, 5.74) is 8.46. The number of benzene rings is 1. The maximum absolute atomic E-state index is 5.79. The van der Waals surface area contributed by atoms with E-state index in [4.69, 9.17) is 15.2 Å². The minimum Gasteiger partial charge on any atom is -0.496 e. The average Bonchev–Trinajstić information content (AvgIpc) is 2.51. The van der Waals surface area contributed by atoms with Crippen molar-refractivity contribution in [1.29, 1.82) is 0 Å². The normalized spacial score (nSPS) is 11.3. The van der Waals surface area contributed by atoms with Gasteiger partial charge >= 0.3 is 0 Å². The van der Waals surface area contributed by atoms with Gasteiger partial charge in [-0.1, -0.05) is 6.07 Å². The van der Waals surface area contributed by atoms with Crippen molar-refractivity contribution in [3.8, 4) is 22.8 Å². The Morgan fingerprint density at radius 2 is 1.78 bits per heavy atom. The van der Waals surface area contributed by atoms with Crippen molar-refractivity contribution >= 4 is 5.82 Å². The molecule has 0 amide bonds. The van der Waals surface area contributed by atoms with Gasteiger partial charge in [-0.3, -0.25) is 0 Å². The topological polar surface area (TPSA) is 69.4 Å². The van der Waals surface area contributed by atoms with E-state index in [1.165, 1.54) is 0 Å². The number of nitrogens with two attached hydrogens (primary N) is 1. The summed E-state index contributed by atoms with van der Waals surface area (Å²) in [6.07, 6.45) is 0. The molecule has 0 bridgehead atoms. The highest BCUT2D eigenvalue weighted by molar-refractivity contribution is 5.71.